The van der Waals surface area contributed by atoms with Crippen molar-refractivity contribution < 1.29 is 0 Å². The van der Waals surface area contributed by atoms with Gasteiger partial charge in [0.2, 0.25) is 0 Å². The minimum atomic E-state index is 0.808. The maximum absolute atomic E-state index is 3.43. The molecule has 0 amide bonds. The highest BCUT2D eigenvalue weighted by Crippen LogP contribution is 2.29. The molecule has 0 bridgehead atoms. The van der Waals surface area contributed by atoms with Crippen LogP contribution in [0.3, 0.4) is 0 Å². The van der Waals surface area contributed by atoms with Crippen LogP contribution in [0.1, 0.15) is 52.4 Å². The lowest BCUT2D eigenvalue weighted by molar-refractivity contribution is 0.252. The minimum absolute atomic E-state index is 0.808. The third kappa shape index (κ3) is 3.68. The van der Waals surface area contributed by atoms with Crippen molar-refractivity contribution in [3.8, 4) is 0 Å². The van der Waals surface area contributed by atoms with Crippen molar-refractivity contribution in [3.63, 3.8) is 0 Å². The zero-order chi connectivity index (χ0) is 9.68. The highest BCUT2D eigenvalue weighted by Gasteiger charge is 2.21. The smallest absolute Gasteiger partial charge is 0.00667 e. The lowest BCUT2D eigenvalue weighted by Crippen LogP contribution is -2.31. The summed E-state index contributed by atoms with van der Waals surface area (Å²) in [5.74, 6) is 1.93. The summed E-state index contributed by atoms with van der Waals surface area (Å²) in [6.07, 6.45) is 8.53. The summed E-state index contributed by atoms with van der Waals surface area (Å²) in [5, 5.41) is 3.43. The van der Waals surface area contributed by atoms with Gasteiger partial charge in [0.1, 0.15) is 0 Å². The normalized spacial score (nSPS) is 31.6. The van der Waals surface area contributed by atoms with Crippen LogP contribution in [0.2, 0.25) is 0 Å². The summed E-state index contributed by atoms with van der Waals surface area (Å²) in [7, 11) is 2.11. The molecule has 1 heteroatoms. The fraction of sp³-hybridized carbons (Fsp3) is 1.00. The molecular formula is C12H25N. The van der Waals surface area contributed by atoms with Crippen molar-refractivity contribution in [2.24, 2.45) is 11.8 Å². The van der Waals surface area contributed by atoms with Crippen LogP contribution >= 0.6 is 0 Å². The van der Waals surface area contributed by atoms with Gasteiger partial charge in [-0.2, -0.15) is 0 Å². The van der Waals surface area contributed by atoms with Crippen LogP contribution in [0.15, 0.2) is 0 Å². The van der Waals surface area contributed by atoms with E-state index in [1.54, 1.807) is 0 Å². The number of hydrogen-bond donors (Lipinski definition) is 1. The Labute approximate surface area is 83.3 Å². The van der Waals surface area contributed by atoms with E-state index in [1.165, 1.54) is 38.5 Å². The van der Waals surface area contributed by atoms with Crippen molar-refractivity contribution in [3.05, 3.63) is 0 Å². The van der Waals surface area contributed by atoms with E-state index in [0.29, 0.717) is 0 Å². The van der Waals surface area contributed by atoms with Gasteiger partial charge in [-0.1, -0.05) is 33.1 Å². The van der Waals surface area contributed by atoms with E-state index in [-0.39, 0.29) is 0 Å². The minimum Gasteiger partial charge on any atom is -0.317 e. The molecule has 3 unspecified atom stereocenters. The van der Waals surface area contributed by atoms with Gasteiger partial charge >= 0.3 is 0 Å². The van der Waals surface area contributed by atoms with Gasteiger partial charge < -0.3 is 5.32 Å². The first-order chi connectivity index (χ1) is 6.26. The molecule has 0 aromatic heterocycles. The van der Waals surface area contributed by atoms with Crippen molar-refractivity contribution in [2.45, 2.75) is 58.4 Å². The molecule has 0 radical (unpaired) electrons. The molecule has 0 aromatic carbocycles. The molecule has 1 aliphatic carbocycles. The quantitative estimate of drug-likeness (QED) is 0.706. The Morgan fingerprint density at radius 3 is 2.77 bits per heavy atom. The van der Waals surface area contributed by atoms with Crippen LogP contribution in [0.4, 0.5) is 0 Å². The maximum atomic E-state index is 3.43. The average Bonchev–Trinajstić information content (AvgIpc) is 2.18. The molecule has 1 rings (SSSR count). The Kier molecular flexibility index (Phi) is 4.79. The lowest BCUT2D eigenvalue weighted by atomic mass is 9.80. The average molecular weight is 183 g/mol. The van der Waals surface area contributed by atoms with Gasteiger partial charge in [0.15, 0.2) is 0 Å². The second-order valence-electron chi connectivity index (χ2n) is 4.77. The third-order valence-electron chi connectivity index (χ3n) is 3.62. The standard InChI is InChI=1S/C12H25N/c1-4-10(2)8-11-6-5-7-12(9-11)13-3/h10-13H,4-9H2,1-3H3. The number of nitrogens with one attached hydrogen (secondary N) is 1. The molecule has 0 aliphatic heterocycles. The van der Waals surface area contributed by atoms with E-state index < -0.39 is 0 Å². The Balaban J connectivity index is 2.25. The first kappa shape index (κ1) is 11.0. The number of hydrogen-bond acceptors (Lipinski definition) is 1. The van der Waals surface area contributed by atoms with Gasteiger partial charge in [0.25, 0.3) is 0 Å². The van der Waals surface area contributed by atoms with Gasteiger partial charge in [-0.05, 0) is 38.1 Å². The van der Waals surface area contributed by atoms with Crippen molar-refractivity contribution in [1.29, 1.82) is 0 Å². The van der Waals surface area contributed by atoms with Crippen LogP contribution < -0.4 is 5.32 Å². The lowest BCUT2D eigenvalue weighted by Gasteiger charge is -2.30. The van der Waals surface area contributed by atoms with Crippen LogP contribution in [0, 0.1) is 11.8 Å². The summed E-state index contributed by atoms with van der Waals surface area (Å²) >= 11 is 0. The molecule has 1 aliphatic rings. The Morgan fingerprint density at radius 1 is 1.38 bits per heavy atom. The van der Waals surface area contributed by atoms with Gasteiger partial charge in [0, 0.05) is 6.04 Å². The molecule has 0 spiro atoms. The summed E-state index contributed by atoms with van der Waals surface area (Å²) in [4.78, 5) is 0. The molecule has 1 fully saturated rings. The molecule has 1 N–H and O–H groups in total. The fourth-order valence-corrected chi connectivity index (χ4v) is 2.50. The second-order valence-corrected chi connectivity index (χ2v) is 4.77. The van der Waals surface area contributed by atoms with E-state index in [4.69, 9.17) is 0 Å². The first-order valence-corrected chi connectivity index (χ1v) is 5.93. The van der Waals surface area contributed by atoms with Gasteiger partial charge in [-0.3, -0.25) is 0 Å². The highest BCUT2D eigenvalue weighted by molar-refractivity contribution is 4.77. The first-order valence-electron chi connectivity index (χ1n) is 5.93. The van der Waals surface area contributed by atoms with E-state index in [1.807, 2.05) is 0 Å². The van der Waals surface area contributed by atoms with Gasteiger partial charge in [0.05, 0.1) is 0 Å². The third-order valence-corrected chi connectivity index (χ3v) is 3.62. The van der Waals surface area contributed by atoms with E-state index >= 15 is 0 Å². The molecule has 0 aromatic rings. The topological polar surface area (TPSA) is 12.0 Å². The Hall–Kier alpha value is -0.0400. The van der Waals surface area contributed by atoms with Crippen LogP contribution in [0.25, 0.3) is 0 Å². The van der Waals surface area contributed by atoms with Crippen LogP contribution in [0.5, 0.6) is 0 Å². The van der Waals surface area contributed by atoms with Crippen molar-refractivity contribution in [2.75, 3.05) is 7.05 Å². The molecule has 1 nitrogen and oxygen atoms in total. The van der Waals surface area contributed by atoms with Gasteiger partial charge in [-0.15, -0.1) is 0 Å². The molecule has 0 heterocycles. The van der Waals surface area contributed by atoms with Crippen LogP contribution in [-0.4, -0.2) is 13.1 Å². The molecular weight excluding hydrogens is 158 g/mol. The second kappa shape index (κ2) is 5.64. The molecule has 78 valence electrons. The van der Waals surface area contributed by atoms with Crippen LogP contribution in [-0.2, 0) is 0 Å². The zero-order valence-electron chi connectivity index (χ0n) is 9.47. The van der Waals surface area contributed by atoms with E-state index in [9.17, 15) is 0 Å². The fourth-order valence-electron chi connectivity index (χ4n) is 2.50. The SMILES string of the molecule is CCC(C)CC1CCCC(NC)C1. The zero-order valence-corrected chi connectivity index (χ0v) is 9.47. The monoisotopic (exact) mass is 183 g/mol. The Morgan fingerprint density at radius 2 is 2.15 bits per heavy atom. The van der Waals surface area contributed by atoms with E-state index in [0.717, 1.165) is 17.9 Å². The molecule has 0 saturated heterocycles. The summed E-state index contributed by atoms with van der Waals surface area (Å²) < 4.78 is 0. The van der Waals surface area contributed by atoms with Crippen molar-refractivity contribution >= 4 is 0 Å². The van der Waals surface area contributed by atoms with E-state index in [2.05, 4.69) is 26.2 Å². The van der Waals surface area contributed by atoms with Gasteiger partial charge in [-0.25, -0.2) is 0 Å². The maximum Gasteiger partial charge on any atom is 0.00667 e. The van der Waals surface area contributed by atoms with Crippen molar-refractivity contribution in [1.82, 2.24) is 5.32 Å². The Bertz CT molecular complexity index is 131. The number of rotatable bonds is 4. The molecule has 3 atom stereocenters. The molecule has 13 heavy (non-hydrogen) atoms. The predicted molar refractivity (Wildman–Crippen MR) is 58.9 cm³/mol. The summed E-state index contributed by atoms with van der Waals surface area (Å²) in [5.41, 5.74) is 0. The summed E-state index contributed by atoms with van der Waals surface area (Å²) in [6, 6.07) is 0.808. The highest BCUT2D eigenvalue weighted by atomic mass is 14.9. The largest absolute Gasteiger partial charge is 0.317 e. The molecule has 1 saturated carbocycles. The summed E-state index contributed by atoms with van der Waals surface area (Å²) in [6.45, 7) is 4.70. The predicted octanol–water partition coefficient (Wildman–Crippen LogP) is 3.20.